The summed E-state index contributed by atoms with van der Waals surface area (Å²) in [7, 11) is -1.69. The predicted octanol–water partition coefficient (Wildman–Crippen LogP) is 4.42. The summed E-state index contributed by atoms with van der Waals surface area (Å²) >= 11 is 3.03. The Labute approximate surface area is 223 Å². The Kier molecular flexibility index (Phi) is 7.83. The number of carbonyl (C=O) groups is 1. The summed E-state index contributed by atoms with van der Waals surface area (Å²) in [6.07, 6.45) is 3.92. The number of fused-ring (bicyclic) bond motifs is 2. The van der Waals surface area contributed by atoms with Gasteiger partial charge in [0.25, 0.3) is 15.1 Å². The maximum absolute atomic E-state index is 11.8. The van der Waals surface area contributed by atoms with Crippen molar-refractivity contribution >= 4 is 61.2 Å². The van der Waals surface area contributed by atoms with E-state index in [-0.39, 0.29) is 0 Å². The van der Waals surface area contributed by atoms with E-state index in [9.17, 15) is 22.9 Å². The molecule has 1 unspecified atom stereocenters. The number of thioether (sulfide) groups is 1. The Morgan fingerprint density at radius 2 is 1.84 bits per heavy atom. The summed E-state index contributed by atoms with van der Waals surface area (Å²) in [5.74, 6) is -0.304. The highest BCUT2D eigenvalue weighted by molar-refractivity contribution is 8.03. The molecule has 9 nitrogen and oxygen atoms in total. The molecular formula is C25H27N2O7S3+. The molecule has 0 fully saturated rings. The summed E-state index contributed by atoms with van der Waals surface area (Å²) in [6.45, 7) is 4.29. The van der Waals surface area contributed by atoms with Crippen molar-refractivity contribution in [1.29, 1.82) is 0 Å². The van der Waals surface area contributed by atoms with E-state index in [0.29, 0.717) is 16.3 Å². The number of aliphatic carboxylic acids is 1. The fraction of sp³-hybridized carbons (Fsp3) is 0.280. The molecule has 0 saturated carbocycles. The zero-order valence-electron chi connectivity index (χ0n) is 20.7. The number of carboxylic acids is 1. The van der Waals surface area contributed by atoms with Gasteiger partial charge in [-0.25, -0.2) is 0 Å². The van der Waals surface area contributed by atoms with E-state index >= 15 is 0 Å². The second-order valence-electron chi connectivity index (χ2n) is 8.28. The van der Waals surface area contributed by atoms with Gasteiger partial charge >= 0.3 is 5.97 Å². The lowest BCUT2D eigenvalue weighted by Crippen LogP contribution is -2.47. The molecule has 2 heterocycles. The maximum atomic E-state index is 11.8. The largest absolute Gasteiger partial charge is 0.497 e. The van der Waals surface area contributed by atoms with Crippen LogP contribution in [0.1, 0.15) is 18.9 Å². The van der Waals surface area contributed by atoms with Gasteiger partial charge in [-0.15, -0.1) is 0 Å². The molecule has 0 spiro atoms. The number of thiazole rings is 1. The van der Waals surface area contributed by atoms with Gasteiger partial charge in [0.2, 0.25) is 10.8 Å². The molecule has 1 aliphatic rings. The van der Waals surface area contributed by atoms with Gasteiger partial charge in [0.15, 0.2) is 6.54 Å². The minimum Gasteiger partial charge on any atom is -0.497 e. The zero-order valence-corrected chi connectivity index (χ0v) is 23.1. The first-order valence-corrected chi connectivity index (χ1v) is 14.4. The molecule has 196 valence electrons. The molecule has 37 heavy (non-hydrogen) atoms. The molecule has 1 aromatic heterocycles. The lowest BCUT2D eigenvalue weighted by atomic mass is 10.2. The van der Waals surface area contributed by atoms with Crippen LogP contribution in [-0.4, -0.2) is 50.1 Å². The van der Waals surface area contributed by atoms with Crippen LogP contribution >= 0.6 is 23.1 Å². The maximum Gasteiger partial charge on any atom is 0.331 e. The van der Waals surface area contributed by atoms with Gasteiger partial charge in [-0.2, -0.15) is 13.0 Å². The van der Waals surface area contributed by atoms with E-state index < -0.39 is 27.9 Å². The summed E-state index contributed by atoms with van der Waals surface area (Å²) < 4.78 is 46.4. The van der Waals surface area contributed by atoms with Crippen LogP contribution in [-0.2, 0) is 21.5 Å². The van der Waals surface area contributed by atoms with Crippen molar-refractivity contribution in [3.05, 3.63) is 58.1 Å². The third kappa shape index (κ3) is 5.61. The summed E-state index contributed by atoms with van der Waals surface area (Å²) in [5.41, 5.74) is 2.55. The minimum absolute atomic E-state index is 0.460. The molecule has 0 amide bonds. The number of ether oxygens (including phenoxy) is 2. The summed E-state index contributed by atoms with van der Waals surface area (Å²) in [5, 5.41) is 9.15. The lowest BCUT2D eigenvalue weighted by Gasteiger charge is -2.18. The highest BCUT2D eigenvalue weighted by atomic mass is 32.2. The summed E-state index contributed by atoms with van der Waals surface area (Å²) in [4.78, 5) is 15.0. The SMILES string of the molecule is CCN1C(=CC(C)=Cc2sc3ccc(OC)cc3[n+]2CC(C(=O)O)S(=O)(=O)O)Sc2ccc(OC)cc21. The molecule has 0 saturated heterocycles. The molecule has 4 rings (SSSR count). The predicted molar refractivity (Wildman–Crippen MR) is 145 cm³/mol. The number of anilines is 1. The molecule has 0 aliphatic carbocycles. The van der Waals surface area contributed by atoms with Gasteiger partial charge in [0.1, 0.15) is 16.2 Å². The van der Waals surface area contributed by atoms with Crippen LogP contribution in [0.25, 0.3) is 16.3 Å². The van der Waals surface area contributed by atoms with Crippen LogP contribution < -0.4 is 18.9 Å². The number of rotatable bonds is 9. The average Bonchev–Trinajstić information content (AvgIpc) is 3.36. The van der Waals surface area contributed by atoms with E-state index in [0.717, 1.165) is 38.2 Å². The molecule has 3 aromatic rings. The van der Waals surface area contributed by atoms with Gasteiger partial charge < -0.3 is 19.5 Å². The first kappa shape index (κ1) is 27.0. The minimum atomic E-state index is -4.84. The molecule has 0 bridgehead atoms. The van der Waals surface area contributed by atoms with Crippen molar-refractivity contribution in [3.8, 4) is 11.5 Å². The third-order valence-corrected chi connectivity index (χ3v) is 9.17. The van der Waals surface area contributed by atoms with Gasteiger partial charge in [-0.05, 0) is 49.8 Å². The number of aromatic nitrogens is 1. The third-order valence-electron chi connectivity index (χ3n) is 5.88. The lowest BCUT2D eigenvalue weighted by molar-refractivity contribution is -0.666. The molecule has 1 atom stereocenters. The van der Waals surface area contributed by atoms with Crippen LogP contribution in [0.2, 0.25) is 0 Å². The Bertz CT molecular complexity index is 1530. The second kappa shape index (κ2) is 10.7. The standard InChI is InChI=1S/C25H26N2O7S3/c1-5-26-18-12-16(33-3)6-8-20(18)35-23(26)10-15(2)11-24-27(14-22(25(28)29)37(30,31)32)19-13-17(34-4)7-9-21(19)36-24/h6-13,22H,5,14H2,1-4H3,(H-,28,29,30,31,32)/p+1. The number of nitrogens with zero attached hydrogens (tertiary/aromatic N) is 2. The van der Waals surface area contributed by atoms with Gasteiger partial charge in [-0.3, -0.25) is 9.35 Å². The van der Waals surface area contributed by atoms with Crippen LogP contribution in [0.15, 0.2) is 58.0 Å². The van der Waals surface area contributed by atoms with Crippen LogP contribution in [0, 0.1) is 0 Å². The van der Waals surface area contributed by atoms with Gasteiger partial charge in [-0.1, -0.05) is 23.1 Å². The Morgan fingerprint density at radius 1 is 1.16 bits per heavy atom. The monoisotopic (exact) mass is 563 g/mol. The van der Waals surface area contributed by atoms with E-state index in [1.165, 1.54) is 18.4 Å². The normalized spacial score (nSPS) is 15.8. The van der Waals surface area contributed by atoms with E-state index in [4.69, 9.17) is 9.47 Å². The van der Waals surface area contributed by atoms with Crippen molar-refractivity contribution in [2.45, 2.75) is 30.5 Å². The average molecular weight is 564 g/mol. The quantitative estimate of drug-likeness (QED) is 0.288. The van der Waals surface area contributed by atoms with Gasteiger partial charge in [0, 0.05) is 23.6 Å². The van der Waals surface area contributed by atoms with Crippen molar-refractivity contribution in [2.75, 3.05) is 25.7 Å². The highest BCUT2D eigenvalue weighted by Gasteiger charge is 2.37. The Balaban J connectivity index is 1.78. The fourth-order valence-corrected chi connectivity index (χ4v) is 7.01. The first-order chi connectivity index (χ1) is 17.5. The number of hydrogen-bond donors (Lipinski definition) is 2. The Morgan fingerprint density at radius 3 is 2.46 bits per heavy atom. The van der Waals surface area contributed by atoms with Crippen molar-refractivity contribution in [2.24, 2.45) is 0 Å². The van der Waals surface area contributed by atoms with Crippen LogP contribution in [0.3, 0.4) is 0 Å². The molecular weight excluding hydrogens is 536 g/mol. The fourth-order valence-electron chi connectivity index (χ4n) is 4.04. The van der Waals surface area contributed by atoms with E-state index in [1.807, 2.05) is 43.3 Å². The van der Waals surface area contributed by atoms with E-state index in [1.54, 1.807) is 35.6 Å². The van der Waals surface area contributed by atoms with Crippen molar-refractivity contribution in [1.82, 2.24) is 0 Å². The molecule has 2 aromatic carbocycles. The van der Waals surface area contributed by atoms with Crippen LogP contribution in [0.5, 0.6) is 11.5 Å². The van der Waals surface area contributed by atoms with E-state index in [2.05, 4.69) is 11.8 Å². The molecule has 1 aliphatic heterocycles. The topological polar surface area (TPSA) is 117 Å². The highest BCUT2D eigenvalue weighted by Crippen LogP contribution is 2.47. The van der Waals surface area contributed by atoms with Gasteiger partial charge in [0.05, 0.1) is 31.0 Å². The first-order valence-electron chi connectivity index (χ1n) is 11.3. The van der Waals surface area contributed by atoms with Crippen LogP contribution in [0.4, 0.5) is 5.69 Å². The second-order valence-corrected chi connectivity index (χ2v) is 12.0. The number of carboxylic acid groups (broad SMARTS) is 1. The zero-order chi connectivity index (χ0) is 26.9. The smallest absolute Gasteiger partial charge is 0.331 e. The Hall–Kier alpha value is -3.06. The number of methoxy groups -OCH3 is 2. The van der Waals surface area contributed by atoms with Crippen molar-refractivity contribution < 1.29 is 36.9 Å². The number of benzene rings is 2. The van der Waals surface area contributed by atoms with Crippen molar-refractivity contribution in [3.63, 3.8) is 0 Å². The number of hydrogen-bond acceptors (Lipinski definition) is 8. The molecule has 2 N–H and O–H groups in total. The summed E-state index contributed by atoms with van der Waals surface area (Å²) in [6, 6.07) is 11.3. The number of allylic oxidation sites excluding steroid dienone is 2. The molecule has 0 radical (unpaired) electrons. The molecule has 12 heteroatoms.